The summed E-state index contributed by atoms with van der Waals surface area (Å²) in [7, 11) is 0. The fourth-order valence-corrected chi connectivity index (χ4v) is 4.91. The van der Waals surface area contributed by atoms with Gasteiger partial charge in [0.15, 0.2) is 5.82 Å². The lowest BCUT2D eigenvalue weighted by Gasteiger charge is -2.18. The Morgan fingerprint density at radius 1 is 0.906 bits per heavy atom. The van der Waals surface area contributed by atoms with E-state index in [1.165, 1.54) is 38.3 Å². The second kappa shape index (κ2) is 8.79. The van der Waals surface area contributed by atoms with Crippen LogP contribution in [0.2, 0.25) is 0 Å². The van der Waals surface area contributed by atoms with Crippen LogP contribution in [0.25, 0.3) is 11.6 Å². The third kappa shape index (κ3) is 4.15. The van der Waals surface area contributed by atoms with E-state index in [0.717, 1.165) is 56.1 Å². The van der Waals surface area contributed by atoms with Gasteiger partial charge in [-0.05, 0) is 73.2 Å². The van der Waals surface area contributed by atoms with E-state index in [1.807, 2.05) is 0 Å². The van der Waals surface area contributed by atoms with Crippen LogP contribution in [0.4, 0.5) is 5.82 Å². The normalized spacial score (nSPS) is 17.5. The summed E-state index contributed by atoms with van der Waals surface area (Å²) in [6.45, 7) is 9.27. The highest BCUT2D eigenvalue weighted by atomic mass is 15.2. The Balaban J connectivity index is 1.47. The fourth-order valence-electron chi connectivity index (χ4n) is 4.91. The molecule has 0 radical (unpaired) electrons. The summed E-state index contributed by atoms with van der Waals surface area (Å²) < 4.78 is 0. The molecule has 2 aliphatic rings. The quantitative estimate of drug-likeness (QED) is 0.623. The Labute approximate surface area is 190 Å². The standard InChI is InChI=1S/C28H30N4/c1-19-10-7-12-23(14-22-11-4-5-13-24(19)22)31-28-26-16-32(17-27(26)29-18-30-28)15-25-20(2)8-6-9-21(25)3/h4-6,8-9,11,13-14,18H,7,10,12,15-17H2,1-3H3. The summed E-state index contributed by atoms with van der Waals surface area (Å²) in [6.07, 6.45) is 7.11. The van der Waals surface area contributed by atoms with Crippen LogP contribution < -0.4 is 10.4 Å². The monoisotopic (exact) mass is 422 g/mol. The summed E-state index contributed by atoms with van der Waals surface area (Å²) in [6, 6.07) is 15.2. The zero-order valence-corrected chi connectivity index (χ0v) is 19.2. The molecule has 0 spiro atoms. The summed E-state index contributed by atoms with van der Waals surface area (Å²) in [5.41, 5.74) is 8.97. The molecule has 1 aliphatic carbocycles. The highest BCUT2D eigenvalue weighted by molar-refractivity contribution is 6.11. The van der Waals surface area contributed by atoms with Gasteiger partial charge in [0.2, 0.25) is 0 Å². The topological polar surface area (TPSA) is 41.4 Å². The zero-order chi connectivity index (χ0) is 22.1. The van der Waals surface area contributed by atoms with Gasteiger partial charge in [0.05, 0.1) is 5.69 Å². The first-order valence-corrected chi connectivity index (χ1v) is 11.5. The largest absolute Gasteiger partial charge is 0.289 e. The number of aromatic nitrogens is 2. The Hall–Kier alpha value is -3.11. The molecule has 5 rings (SSSR count). The van der Waals surface area contributed by atoms with Gasteiger partial charge in [-0.1, -0.05) is 48.0 Å². The van der Waals surface area contributed by atoms with E-state index in [-0.39, 0.29) is 0 Å². The number of aryl methyl sites for hydroxylation is 2. The highest BCUT2D eigenvalue weighted by Gasteiger charge is 2.24. The molecule has 4 heteroatoms. The molecule has 0 amide bonds. The van der Waals surface area contributed by atoms with Crippen molar-refractivity contribution in [3.8, 4) is 0 Å². The maximum atomic E-state index is 5.07. The van der Waals surface area contributed by atoms with E-state index in [0.29, 0.717) is 0 Å². The number of nitrogens with zero attached hydrogens (tertiary/aromatic N) is 4. The summed E-state index contributed by atoms with van der Waals surface area (Å²) in [5.74, 6) is 0.837. The van der Waals surface area contributed by atoms with Crippen molar-refractivity contribution in [3.05, 3.63) is 87.2 Å². The first kappa shape index (κ1) is 20.8. The third-order valence-electron chi connectivity index (χ3n) is 6.77. The van der Waals surface area contributed by atoms with E-state index in [1.54, 1.807) is 6.33 Å². The SMILES string of the molecule is CC1=c2ccccc2=CC(=Nc2ncnc3c2CN(Cc2c(C)cccc2C)C3)CCC1. The van der Waals surface area contributed by atoms with Crippen molar-refractivity contribution in [1.29, 1.82) is 0 Å². The number of benzene rings is 2. The lowest BCUT2D eigenvalue weighted by atomic mass is 10.00. The minimum Gasteiger partial charge on any atom is -0.289 e. The highest BCUT2D eigenvalue weighted by Crippen LogP contribution is 2.30. The van der Waals surface area contributed by atoms with E-state index in [2.05, 4.69) is 84.2 Å². The molecule has 0 N–H and O–H groups in total. The van der Waals surface area contributed by atoms with Crippen LogP contribution in [-0.2, 0) is 19.6 Å². The van der Waals surface area contributed by atoms with Gasteiger partial charge in [-0.15, -0.1) is 0 Å². The maximum Gasteiger partial charge on any atom is 0.160 e. The van der Waals surface area contributed by atoms with Crippen LogP contribution in [0.3, 0.4) is 0 Å². The van der Waals surface area contributed by atoms with Crippen LogP contribution in [0.1, 0.15) is 54.1 Å². The number of rotatable bonds is 3. The van der Waals surface area contributed by atoms with Gasteiger partial charge >= 0.3 is 0 Å². The minimum atomic E-state index is 0.837. The number of fused-ring (bicyclic) bond motifs is 2. The van der Waals surface area contributed by atoms with Gasteiger partial charge in [0, 0.05) is 30.9 Å². The van der Waals surface area contributed by atoms with E-state index < -0.39 is 0 Å². The Kier molecular flexibility index (Phi) is 5.71. The second-order valence-corrected chi connectivity index (χ2v) is 9.11. The average Bonchev–Trinajstić information content (AvgIpc) is 3.19. The first-order chi connectivity index (χ1) is 15.6. The summed E-state index contributed by atoms with van der Waals surface area (Å²) in [4.78, 5) is 16.7. The van der Waals surface area contributed by atoms with Crippen molar-refractivity contribution in [1.82, 2.24) is 14.9 Å². The van der Waals surface area contributed by atoms with E-state index in [4.69, 9.17) is 4.99 Å². The second-order valence-electron chi connectivity index (χ2n) is 9.11. The van der Waals surface area contributed by atoms with Crippen molar-refractivity contribution in [2.24, 2.45) is 4.99 Å². The predicted octanol–water partition coefficient (Wildman–Crippen LogP) is 4.52. The molecule has 0 saturated heterocycles. The van der Waals surface area contributed by atoms with E-state index in [9.17, 15) is 0 Å². The predicted molar refractivity (Wildman–Crippen MR) is 131 cm³/mol. The molecule has 1 aliphatic heterocycles. The molecule has 4 nitrogen and oxygen atoms in total. The molecular formula is C28H30N4. The van der Waals surface area contributed by atoms with Gasteiger partial charge < -0.3 is 0 Å². The van der Waals surface area contributed by atoms with Crippen LogP contribution in [0.15, 0.2) is 53.8 Å². The third-order valence-corrected chi connectivity index (χ3v) is 6.77. The minimum absolute atomic E-state index is 0.837. The number of aliphatic imine (C=N–C) groups is 1. The summed E-state index contributed by atoms with van der Waals surface area (Å²) in [5, 5.41) is 2.60. The summed E-state index contributed by atoms with van der Waals surface area (Å²) >= 11 is 0. The van der Waals surface area contributed by atoms with Crippen molar-refractivity contribution in [2.45, 2.75) is 59.7 Å². The van der Waals surface area contributed by atoms with Crippen LogP contribution >= 0.6 is 0 Å². The van der Waals surface area contributed by atoms with Gasteiger partial charge in [-0.2, -0.15) is 0 Å². The average molecular weight is 423 g/mol. The van der Waals surface area contributed by atoms with E-state index >= 15 is 0 Å². The molecule has 0 atom stereocenters. The molecule has 0 fully saturated rings. The van der Waals surface area contributed by atoms with Gasteiger partial charge in [-0.3, -0.25) is 4.90 Å². The Morgan fingerprint density at radius 3 is 2.56 bits per heavy atom. The Morgan fingerprint density at radius 2 is 1.72 bits per heavy atom. The van der Waals surface area contributed by atoms with Crippen LogP contribution in [0.5, 0.6) is 0 Å². The Bertz CT molecular complexity index is 1300. The lowest BCUT2D eigenvalue weighted by Crippen LogP contribution is -2.28. The lowest BCUT2D eigenvalue weighted by molar-refractivity contribution is 0.273. The molecular weight excluding hydrogens is 392 g/mol. The molecule has 2 heterocycles. The maximum absolute atomic E-state index is 5.07. The molecule has 162 valence electrons. The molecule has 0 bridgehead atoms. The van der Waals surface area contributed by atoms with Gasteiger partial charge in [-0.25, -0.2) is 15.0 Å². The van der Waals surface area contributed by atoms with Gasteiger partial charge in [0.1, 0.15) is 6.33 Å². The zero-order valence-electron chi connectivity index (χ0n) is 19.2. The molecule has 1 aromatic heterocycles. The van der Waals surface area contributed by atoms with Crippen LogP contribution in [0, 0.1) is 13.8 Å². The van der Waals surface area contributed by atoms with Crippen molar-refractivity contribution < 1.29 is 0 Å². The van der Waals surface area contributed by atoms with Crippen molar-refractivity contribution in [3.63, 3.8) is 0 Å². The van der Waals surface area contributed by atoms with Crippen molar-refractivity contribution in [2.75, 3.05) is 0 Å². The molecule has 3 aromatic rings. The molecule has 0 unspecified atom stereocenters. The fraction of sp³-hybridized carbons (Fsp3) is 0.321. The smallest absolute Gasteiger partial charge is 0.160 e. The number of hydrogen-bond acceptors (Lipinski definition) is 4. The molecule has 32 heavy (non-hydrogen) atoms. The number of hydrogen-bond donors (Lipinski definition) is 0. The van der Waals surface area contributed by atoms with Crippen molar-refractivity contribution >= 4 is 23.2 Å². The first-order valence-electron chi connectivity index (χ1n) is 11.5. The molecule has 0 saturated carbocycles. The van der Waals surface area contributed by atoms with Gasteiger partial charge in [0.25, 0.3) is 0 Å². The van der Waals surface area contributed by atoms with Crippen LogP contribution in [-0.4, -0.2) is 20.6 Å². The molecule has 2 aromatic carbocycles.